The highest BCUT2D eigenvalue weighted by atomic mass is 32.2. The van der Waals surface area contributed by atoms with Gasteiger partial charge in [0.25, 0.3) is 5.91 Å². The van der Waals surface area contributed by atoms with E-state index in [-0.39, 0.29) is 11.6 Å². The summed E-state index contributed by atoms with van der Waals surface area (Å²) < 4.78 is 14.1. The third-order valence-electron chi connectivity index (χ3n) is 2.80. The average molecular weight is 304 g/mol. The molecule has 0 radical (unpaired) electrons. The van der Waals surface area contributed by atoms with Crippen molar-refractivity contribution in [1.82, 2.24) is 4.98 Å². The molecule has 1 aliphatic heterocycles. The molecule has 0 spiro atoms. The molecule has 1 aliphatic rings. The number of hydrogen-bond donors (Lipinski definition) is 1. The van der Waals surface area contributed by atoms with E-state index in [2.05, 4.69) is 4.98 Å². The van der Waals surface area contributed by atoms with Crippen molar-refractivity contribution in [2.75, 3.05) is 4.90 Å². The molecule has 6 heteroatoms. The molecule has 1 saturated heterocycles. The lowest BCUT2D eigenvalue weighted by Gasteiger charge is -2.14. The van der Waals surface area contributed by atoms with Crippen LogP contribution in [0.3, 0.4) is 0 Å². The molecule has 1 N–H and O–H groups in total. The minimum absolute atomic E-state index is 0.185. The van der Waals surface area contributed by atoms with Crippen molar-refractivity contribution in [3.63, 3.8) is 0 Å². The van der Waals surface area contributed by atoms with Gasteiger partial charge < -0.3 is 4.98 Å². The Morgan fingerprint density at radius 1 is 1.25 bits per heavy atom. The lowest BCUT2D eigenvalue weighted by Crippen LogP contribution is -2.28. The van der Waals surface area contributed by atoms with Crippen molar-refractivity contribution < 1.29 is 9.18 Å². The second-order valence-corrected chi connectivity index (χ2v) is 5.77. The number of thiocarbonyl (C=S) groups is 1. The largest absolute Gasteiger partial charge is 0.362 e. The Balaban J connectivity index is 1.98. The third-order valence-corrected chi connectivity index (χ3v) is 4.10. The number of aromatic nitrogens is 1. The quantitative estimate of drug-likeness (QED) is 0.681. The molecule has 1 aromatic carbocycles. The monoisotopic (exact) mass is 304 g/mol. The summed E-state index contributed by atoms with van der Waals surface area (Å²) in [6, 6.07) is 9.77. The number of aromatic amines is 1. The number of H-pyrrole nitrogens is 1. The van der Waals surface area contributed by atoms with Gasteiger partial charge in [-0.3, -0.25) is 9.69 Å². The van der Waals surface area contributed by atoms with Gasteiger partial charge in [0.05, 0.1) is 10.6 Å². The van der Waals surface area contributed by atoms with Crippen LogP contribution >= 0.6 is 24.0 Å². The van der Waals surface area contributed by atoms with E-state index >= 15 is 0 Å². The van der Waals surface area contributed by atoms with Crippen LogP contribution in [0.5, 0.6) is 0 Å². The molecular formula is C14H9FN2OS2. The number of amides is 1. The number of para-hydroxylation sites is 1. The molecule has 1 fully saturated rings. The Morgan fingerprint density at radius 3 is 2.75 bits per heavy atom. The maximum absolute atomic E-state index is 13.8. The van der Waals surface area contributed by atoms with E-state index in [0.717, 1.165) is 5.69 Å². The molecule has 20 heavy (non-hydrogen) atoms. The van der Waals surface area contributed by atoms with E-state index in [1.807, 2.05) is 12.1 Å². The summed E-state index contributed by atoms with van der Waals surface area (Å²) in [7, 11) is 0. The maximum atomic E-state index is 13.8. The second-order valence-electron chi connectivity index (χ2n) is 4.09. The molecule has 2 heterocycles. The summed E-state index contributed by atoms with van der Waals surface area (Å²) in [5.74, 6) is -0.773. The fourth-order valence-electron chi connectivity index (χ4n) is 1.88. The van der Waals surface area contributed by atoms with Crippen LogP contribution in [-0.4, -0.2) is 15.2 Å². The molecule has 0 aliphatic carbocycles. The van der Waals surface area contributed by atoms with Gasteiger partial charge in [0.15, 0.2) is 4.32 Å². The number of carbonyl (C=O) groups excluding carboxylic acids is 1. The highest BCUT2D eigenvalue weighted by molar-refractivity contribution is 8.27. The van der Waals surface area contributed by atoms with Crippen LogP contribution in [0.4, 0.5) is 10.1 Å². The Labute approximate surface area is 124 Å². The summed E-state index contributed by atoms with van der Waals surface area (Å²) in [5, 5.41) is 0. The summed E-state index contributed by atoms with van der Waals surface area (Å²) in [4.78, 5) is 17.1. The molecule has 3 rings (SSSR count). The predicted octanol–water partition coefficient (Wildman–Crippen LogP) is 3.56. The lowest BCUT2D eigenvalue weighted by atomic mass is 10.2. The highest BCUT2D eigenvalue weighted by Crippen LogP contribution is 2.36. The van der Waals surface area contributed by atoms with Gasteiger partial charge in [-0.2, -0.15) is 0 Å². The number of halogens is 1. The average Bonchev–Trinajstić information content (AvgIpc) is 3.01. The van der Waals surface area contributed by atoms with Crippen LogP contribution in [0.15, 0.2) is 47.5 Å². The van der Waals surface area contributed by atoms with Crippen LogP contribution < -0.4 is 4.90 Å². The van der Waals surface area contributed by atoms with Crippen molar-refractivity contribution in [1.29, 1.82) is 0 Å². The van der Waals surface area contributed by atoms with E-state index in [4.69, 9.17) is 12.2 Å². The van der Waals surface area contributed by atoms with Crippen molar-refractivity contribution >= 4 is 46.0 Å². The van der Waals surface area contributed by atoms with Crippen molar-refractivity contribution in [2.24, 2.45) is 0 Å². The fraction of sp³-hybridized carbons (Fsp3) is 0. The van der Waals surface area contributed by atoms with Gasteiger partial charge in [-0.25, -0.2) is 4.39 Å². The standard InChI is InChI=1S/C14H9FN2OS2/c15-10-5-1-2-6-11(10)17-13(18)12(20-14(17)19)8-9-4-3-7-16-9/h1-8,16H/b12-8+. The smallest absolute Gasteiger partial charge is 0.270 e. The molecular weight excluding hydrogens is 295 g/mol. The van der Waals surface area contributed by atoms with E-state index in [0.29, 0.717) is 9.23 Å². The highest BCUT2D eigenvalue weighted by Gasteiger charge is 2.34. The SMILES string of the molecule is O=C1/C(=C\c2ccc[nH]2)SC(=S)N1c1ccccc1F. The number of anilines is 1. The van der Waals surface area contributed by atoms with E-state index < -0.39 is 5.82 Å². The van der Waals surface area contributed by atoms with E-state index in [1.165, 1.54) is 28.8 Å². The van der Waals surface area contributed by atoms with Gasteiger partial charge in [0.2, 0.25) is 0 Å². The molecule has 0 unspecified atom stereocenters. The zero-order valence-corrected chi connectivity index (χ0v) is 11.8. The molecule has 0 bridgehead atoms. The van der Waals surface area contributed by atoms with Gasteiger partial charge in [0, 0.05) is 11.9 Å². The topological polar surface area (TPSA) is 36.1 Å². The lowest BCUT2D eigenvalue weighted by molar-refractivity contribution is -0.113. The summed E-state index contributed by atoms with van der Waals surface area (Å²) in [6.45, 7) is 0. The maximum Gasteiger partial charge on any atom is 0.270 e. The molecule has 100 valence electrons. The number of nitrogens with one attached hydrogen (secondary N) is 1. The number of nitrogens with zero attached hydrogens (tertiary/aromatic N) is 1. The minimum Gasteiger partial charge on any atom is -0.362 e. The van der Waals surface area contributed by atoms with Crippen LogP contribution in [0.1, 0.15) is 5.69 Å². The van der Waals surface area contributed by atoms with Gasteiger partial charge in [-0.05, 0) is 30.3 Å². The Hall–Kier alpha value is -1.92. The first kappa shape index (κ1) is 13.1. The molecule has 1 amide bonds. The van der Waals surface area contributed by atoms with E-state index in [1.54, 1.807) is 24.4 Å². The number of benzene rings is 1. The predicted molar refractivity (Wildman–Crippen MR) is 82.8 cm³/mol. The number of thioether (sulfide) groups is 1. The van der Waals surface area contributed by atoms with Gasteiger partial charge >= 0.3 is 0 Å². The first-order valence-electron chi connectivity index (χ1n) is 5.83. The number of rotatable bonds is 2. The zero-order chi connectivity index (χ0) is 14.1. The zero-order valence-electron chi connectivity index (χ0n) is 10.2. The fourth-order valence-corrected chi connectivity index (χ4v) is 3.16. The van der Waals surface area contributed by atoms with Gasteiger partial charge in [-0.1, -0.05) is 36.1 Å². The number of hydrogen-bond acceptors (Lipinski definition) is 3. The van der Waals surface area contributed by atoms with Gasteiger partial charge in [-0.15, -0.1) is 0 Å². The van der Waals surface area contributed by atoms with Crippen molar-refractivity contribution in [3.05, 3.63) is 59.0 Å². The molecule has 0 saturated carbocycles. The number of carbonyl (C=O) groups is 1. The second kappa shape index (κ2) is 5.22. The van der Waals surface area contributed by atoms with Crippen LogP contribution in [-0.2, 0) is 4.79 Å². The van der Waals surface area contributed by atoms with Crippen molar-refractivity contribution in [3.8, 4) is 0 Å². The van der Waals surface area contributed by atoms with E-state index in [9.17, 15) is 9.18 Å². The molecule has 3 nitrogen and oxygen atoms in total. The van der Waals surface area contributed by atoms with Crippen LogP contribution in [0.2, 0.25) is 0 Å². The summed E-state index contributed by atoms with van der Waals surface area (Å²) in [5.41, 5.74) is 0.990. The molecule has 1 aromatic heterocycles. The first-order valence-corrected chi connectivity index (χ1v) is 7.05. The Bertz CT molecular complexity index is 710. The first-order chi connectivity index (χ1) is 9.66. The van der Waals surface area contributed by atoms with Crippen LogP contribution in [0.25, 0.3) is 6.08 Å². The van der Waals surface area contributed by atoms with Crippen LogP contribution in [0, 0.1) is 5.82 Å². The van der Waals surface area contributed by atoms with Crippen molar-refractivity contribution in [2.45, 2.75) is 0 Å². The molecule has 2 aromatic rings. The minimum atomic E-state index is -0.468. The van der Waals surface area contributed by atoms with Gasteiger partial charge in [0.1, 0.15) is 5.82 Å². The Morgan fingerprint density at radius 2 is 2.05 bits per heavy atom. The molecule has 0 atom stereocenters. The summed E-state index contributed by atoms with van der Waals surface area (Å²) in [6.07, 6.45) is 3.48. The normalized spacial score (nSPS) is 17.2. The third kappa shape index (κ3) is 2.28. The summed E-state index contributed by atoms with van der Waals surface area (Å²) >= 11 is 6.35. The Kier molecular flexibility index (Phi) is 3.42.